The lowest BCUT2D eigenvalue weighted by Gasteiger charge is -2.30. The van der Waals surface area contributed by atoms with Crippen molar-refractivity contribution in [1.82, 2.24) is 14.5 Å². The maximum absolute atomic E-state index is 5.78. The van der Waals surface area contributed by atoms with Crippen molar-refractivity contribution in [1.29, 1.82) is 0 Å². The first-order valence-electron chi connectivity index (χ1n) is 6.14. The number of likely N-dealkylation sites (N-methyl/N-ethyl adjacent to an activating group) is 1. The molecule has 1 aromatic carbocycles. The Morgan fingerprint density at radius 1 is 1.41 bits per heavy atom. The predicted molar refractivity (Wildman–Crippen MR) is 69.9 cm³/mol. The second kappa shape index (κ2) is 4.04. The van der Waals surface area contributed by atoms with E-state index in [0.717, 1.165) is 17.7 Å². The fraction of sp³-hybridized carbons (Fsp3) is 0.462. The van der Waals surface area contributed by atoms with Crippen molar-refractivity contribution in [3.05, 3.63) is 24.5 Å². The lowest BCUT2D eigenvalue weighted by atomic mass is 10.1. The van der Waals surface area contributed by atoms with Crippen molar-refractivity contribution >= 4 is 16.7 Å². The fourth-order valence-corrected chi connectivity index (χ4v) is 2.71. The second-order valence-corrected chi connectivity index (χ2v) is 4.96. The quantitative estimate of drug-likeness (QED) is 0.761. The van der Waals surface area contributed by atoms with Crippen LogP contribution in [0.15, 0.2) is 24.5 Å². The first-order valence-corrected chi connectivity index (χ1v) is 6.14. The van der Waals surface area contributed by atoms with Crippen molar-refractivity contribution < 1.29 is 0 Å². The van der Waals surface area contributed by atoms with Gasteiger partial charge in [0.05, 0.1) is 17.4 Å². The summed E-state index contributed by atoms with van der Waals surface area (Å²) in [4.78, 5) is 6.83. The summed E-state index contributed by atoms with van der Waals surface area (Å²) in [5, 5.41) is 0. The highest BCUT2D eigenvalue weighted by molar-refractivity contribution is 5.79. The number of hydrogen-bond acceptors (Lipinski definition) is 3. The SMILES string of the molecule is CN1CCCC(n2cnc3cc(N)ccc32)C1. The maximum atomic E-state index is 5.78. The van der Waals surface area contributed by atoms with Gasteiger partial charge in [-0.1, -0.05) is 0 Å². The van der Waals surface area contributed by atoms with Crippen LogP contribution in [0.5, 0.6) is 0 Å². The molecule has 0 spiro atoms. The summed E-state index contributed by atoms with van der Waals surface area (Å²) in [6.45, 7) is 2.31. The average Bonchev–Trinajstić information content (AvgIpc) is 2.71. The molecule has 4 nitrogen and oxygen atoms in total. The lowest BCUT2D eigenvalue weighted by molar-refractivity contribution is 0.214. The van der Waals surface area contributed by atoms with Crippen LogP contribution in [0.3, 0.4) is 0 Å². The Morgan fingerprint density at radius 3 is 3.12 bits per heavy atom. The molecule has 1 aliphatic heterocycles. The van der Waals surface area contributed by atoms with Gasteiger partial charge in [0.1, 0.15) is 0 Å². The Hall–Kier alpha value is -1.55. The number of nitrogen functional groups attached to an aromatic ring is 1. The third kappa shape index (κ3) is 1.89. The van der Waals surface area contributed by atoms with Gasteiger partial charge in [0.15, 0.2) is 0 Å². The van der Waals surface area contributed by atoms with E-state index in [1.165, 1.54) is 24.9 Å². The van der Waals surface area contributed by atoms with E-state index in [1.54, 1.807) is 0 Å². The van der Waals surface area contributed by atoms with Crippen LogP contribution in [0, 0.1) is 0 Å². The molecule has 90 valence electrons. The number of anilines is 1. The summed E-state index contributed by atoms with van der Waals surface area (Å²) < 4.78 is 2.30. The van der Waals surface area contributed by atoms with Crippen LogP contribution in [0.2, 0.25) is 0 Å². The molecule has 1 saturated heterocycles. The first-order chi connectivity index (χ1) is 8.24. The van der Waals surface area contributed by atoms with Gasteiger partial charge < -0.3 is 15.2 Å². The second-order valence-electron chi connectivity index (χ2n) is 4.96. The molecule has 1 atom stereocenters. The van der Waals surface area contributed by atoms with Crippen molar-refractivity contribution in [2.24, 2.45) is 0 Å². The summed E-state index contributed by atoms with van der Waals surface area (Å²) in [7, 11) is 2.18. The zero-order chi connectivity index (χ0) is 11.8. The number of rotatable bonds is 1. The van der Waals surface area contributed by atoms with Gasteiger partial charge in [-0.3, -0.25) is 0 Å². The van der Waals surface area contributed by atoms with Gasteiger partial charge in [-0.25, -0.2) is 4.98 Å². The molecule has 4 heteroatoms. The molecule has 17 heavy (non-hydrogen) atoms. The summed E-state index contributed by atoms with van der Waals surface area (Å²) in [5.74, 6) is 0. The van der Waals surface area contributed by atoms with Crippen LogP contribution in [-0.4, -0.2) is 34.6 Å². The normalized spacial score (nSPS) is 22.1. The molecular weight excluding hydrogens is 212 g/mol. The highest BCUT2D eigenvalue weighted by Crippen LogP contribution is 2.25. The smallest absolute Gasteiger partial charge is 0.0961 e. The van der Waals surface area contributed by atoms with Gasteiger partial charge in [0.25, 0.3) is 0 Å². The molecule has 1 unspecified atom stereocenters. The minimum absolute atomic E-state index is 0.544. The highest BCUT2D eigenvalue weighted by atomic mass is 15.2. The van der Waals surface area contributed by atoms with Crippen molar-refractivity contribution in [2.45, 2.75) is 18.9 Å². The Kier molecular flexibility index (Phi) is 2.52. The van der Waals surface area contributed by atoms with Gasteiger partial charge in [0, 0.05) is 18.3 Å². The molecule has 3 rings (SSSR count). The number of imidazole rings is 1. The molecular formula is C13H18N4. The monoisotopic (exact) mass is 230 g/mol. The molecule has 1 aliphatic rings. The zero-order valence-electron chi connectivity index (χ0n) is 10.1. The molecule has 1 fully saturated rings. The van der Waals surface area contributed by atoms with E-state index in [2.05, 4.69) is 27.6 Å². The minimum atomic E-state index is 0.544. The van der Waals surface area contributed by atoms with Gasteiger partial charge in [-0.2, -0.15) is 0 Å². The van der Waals surface area contributed by atoms with Crippen LogP contribution in [0.25, 0.3) is 11.0 Å². The Morgan fingerprint density at radius 2 is 2.29 bits per heavy atom. The van der Waals surface area contributed by atoms with Gasteiger partial charge in [-0.05, 0) is 44.6 Å². The average molecular weight is 230 g/mol. The highest BCUT2D eigenvalue weighted by Gasteiger charge is 2.20. The van der Waals surface area contributed by atoms with Crippen molar-refractivity contribution in [3.63, 3.8) is 0 Å². The van der Waals surface area contributed by atoms with Crippen LogP contribution in [-0.2, 0) is 0 Å². The molecule has 0 bridgehead atoms. The van der Waals surface area contributed by atoms with Gasteiger partial charge >= 0.3 is 0 Å². The van der Waals surface area contributed by atoms with E-state index in [-0.39, 0.29) is 0 Å². The molecule has 1 aromatic heterocycles. The summed E-state index contributed by atoms with van der Waals surface area (Å²) in [6, 6.07) is 6.51. The summed E-state index contributed by atoms with van der Waals surface area (Å²) in [6.07, 6.45) is 4.45. The van der Waals surface area contributed by atoms with Gasteiger partial charge in [-0.15, -0.1) is 0 Å². The Balaban J connectivity index is 1.99. The molecule has 0 radical (unpaired) electrons. The Bertz CT molecular complexity index is 531. The molecule has 2 heterocycles. The largest absolute Gasteiger partial charge is 0.399 e. The number of aromatic nitrogens is 2. The van der Waals surface area contributed by atoms with E-state index < -0.39 is 0 Å². The minimum Gasteiger partial charge on any atom is -0.399 e. The van der Waals surface area contributed by atoms with Crippen molar-refractivity contribution in [2.75, 3.05) is 25.9 Å². The van der Waals surface area contributed by atoms with E-state index >= 15 is 0 Å². The fourth-order valence-electron chi connectivity index (χ4n) is 2.71. The molecule has 0 amide bonds. The van der Waals surface area contributed by atoms with E-state index in [9.17, 15) is 0 Å². The maximum Gasteiger partial charge on any atom is 0.0961 e. The Labute approximate surface area is 101 Å². The number of nitrogens with zero attached hydrogens (tertiary/aromatic N) is 3. The van der Waals surface area contributed by atoms with Crippen LogP contribution < -0.4 is 5.73 Å². The third-order valence-corrected chi connectivity index (χ3v) is 3.59. The zero-order valence-corrected chi connectivity index (χ0v) is 10.1. The topological polar surface area (TPSA) is 47.1 Å². The summed E-state index contributed by atoms with van der Waals surface area (Å²) >= 11 is 0. The molecule has 0 aliphatic carbocycles. The van der Waals surface area contributed by atoms with Crippen molar-refractivity contribution in [3.8, 4) is 0 Å². The van der Waals surface area contributed by atoms with Crippen LogP contribution in [0.4, 0.5) is 5.69 Å². The number of likely N-dealkylation sites (tertiary alicyclic amines) is 1. The number of fused-ring (bicyclic) bond motifs is 1. The number of piperidine rings is 1. The number of benzene rings is 1. The number of nitrogens with two attached hydrogens (primary N) is 1. The predicted octanol–water partition coefficient (Wildman–Crippen LogP) is 1.89. The molecule has 2 N–H and O–H groups in total. The lowest BCUT2D eigenvalue weighted by Crippen LogP contribution is -2.33. The van der Waals surface area contributed by atoms with E-state index in [1.807, 2.05) is 18.5 Å². The summed E-state index contributed by atoms with van der Waals surface area (Å²) in [5.41, 5.74) is 8.75. The number of hydrogen-bond donors (Lipinski definition) is 1. The van der Waals surface area contributed by atoms with E-state index in [4.69, 9.17) is 5.73 Å². The third-order valence-electron chi connectivity index (χ3n) is 3.59. The molecule has 0 saturated carbocycles. The molecule has 2 aromatic rings. The van der Waals surface area contributed by atoms with Crippen LogP contribution in [0.1, 0.15) is 18.9 Å². The standard InChI is InChI=1S/C13H18N4/c1-16-6-2-3-11(8-16)17-9-15-12-7-10(14)4-5-13(12)17/h4-5,7,9,11H,2-3,6,8,14H2,1H3. The van der Waals surface area contributed by atoms with E-state index in [0.29, 0.717) is 6.04 Å². The van der Waals surface area contributed by atoms with Crippen LogP contribution >= 0.6 is 0 Å². The first kappa shape index (κ1) is 10.6. The van der Waals surface area contributed by atoms with Gasteiger partial charge in [0.2, 0.25) is 0 Å².